The van der Waals surface area contributed by atoms with Crippen LogP contribution in [0.2, 0.25) is 0 Å². The van der Waals surface area contributed by atoms with Crippen LogP contribution in [0.5, 0.6) is 0 Å². The van der Waals surface area contributed by atoms with E-state index in [1.165, 1.54) is 0 Å². The number of aliphatic hydroxyl groups excluding tert-OH is 1. The first-order valence-electron chi connectivity index (χ1n) is 3.39. The van der Waals surface area contributed by atoms with Gasteiger partial charge in [0, 0.05) is 0 Å². The van der Waals surface area contributed by atoms with Gasteiger partial charge in [0.15, 0.2) is 0 Å². The summed E-state index contributed by atoms with van der Waals surface area (Å²) < 4.78 is 0. The summed E-state index contributed by atoms with van der Waals surface area (Å²) in [6, 6.07) is 7.50. The van der Waals surface area contributed by atoms with Crippen molar-refractivity contribution in [2.45, 2.75) is 13.5 Å². The molecule has 0 aliphatic heterocycles. The van der Waals surface area contributed by atoms with Crippen LogP contribution < -0.4 is 0 Å². The number of aryl methyl sites for hydroxylation is 1. The first-order valence-corrected chi connectivity index (χ1v) is 3.39. The number of hydrogen-bond donors (Lipinski definition) is 1. The van der Waals surface area contributed by atoms with Gasteiger partial charge in [-0.05, 0) is 18.1 Å². The van der Waals surface area contributed by atoms with Gasteiger partial charge in [-0.25, -0.2) is 0 Å². The average Bonchev–Trinajstić information content (AvgIpc) is 2.04. The molecule has 11 heavy (non-hydrogen) atoms. The summed E-state index contributed by atoms with van der Waals surface area (Å²) >= 11 is 0. The van der Waals surface area contributed by atoms with Gasteiger partial charge in [-0.3, -0.25) is 0 Å². The quantitative estimate of drug-likeness (QED) is 0.651. The van der Waals surface area contributed by atoms with Gasteiger partial charge in [0.1, 0.15) is 0 Å². The molecule has 2 nitrogen and oxygen atoms in total. The zero-order chi connectivity index (χ0) is 8.27. The highest BCUT2D eigenvalue weighted by atomic mass is 16.3. The van der Waals surface area contributed by atoms with E-state index in [1.54, 1.807) is 6.07 Å². The SMILES string of the molecule is Cc1cccc(CO)c1C#N. The molecule has 0 saturated carbocycles. The Hall–Kier alpha value is -1.33. The van der Waals surface area contributed by atoms with E-state index in [2.05, 4.69) is 6.07 Å². The Morgan fingerprint density at radius 2 is 2.27 bits per heavy atom. The monoisotopic (exact) mass is 147 g/mol. The zero-order valence-corrected chi connectivity index (χ0v) is 6.33. The van der Waals surface area contributed by atoms with Crippen molar-refractivity contribution in [1.29, 1.82) is 5.26 Å². The summed E-state index contributed by atoms with van der Waals surface area (Å²) in [5.74, 6) is 0. The highest BCUT2D eigenvalue weighted by Crippen LogP contribution is 2.12. The van der Waals surface area contributed by atoms with Gasteiger partial charge in [-0.2, -0.15) is 5.26 Å². The minimum atomic E-state index is -0.0649. The summed E-state index contributed by atoms with van der Waals surface area (Å²) in [7, 11) is 0. The van der Waals surface area contributed by atoms with Gasteiger partial charge in [0.05, 0.1) is 18.2 Å². The number of benzene rings is 1. The summed E-state index contributed by atoms with van der Waals surface area (Å²) in [6.07, 6.45) is 0. The van der Waals surface area contributed by atoms with Crippen LogP contribution in [0.25, 0.3) is 0 Å². The second-order valence-corrected chi connectivity index (χ2v) is 2.38. The van der Waals surface area contributed by atoms with Crippen molar-refractivity contribution in [3.05, 3.63) is 34.9 Å². The normalized spacial score (nSPS) is 9.18. The molecule has 0 saturated heterocycles. The minimum Gasteiger partial charge on any atom is -0.392 e. The molecule has 56 valence electrons. The molecule has 0 unspecified atom stereocenters. The molecule has 0 aliphatic rings. The topological polar surface area (TPSA) is 44.0 Å². The molecular formula is C9H9NO. The van der Waals surface area contributed by atoms with Crippen LogP contribution in [-0.4, -0.2) is 5.11 Å². The molecule has 1 aromatic carbocycles. The van der Waals surface area contributed by atoms with Crippen LogP contribution in [0, 0.1) is 18.3 Å². The molecule has 0 radical (unpaired) electrons. The van der Waals surface area contributed by atoms with E-state index < -0.39 is 0 Å². The number of aliphatic hydroxyl groups is 1. The van der Waals surface area contributed by atoms with E-state index in [9.17, 15) is 0 Å². The lowest BCUT2D eigenvalue weighted by Gasteiger charge is -2.01. The number of rotatable bonds is 1. The van der Waals surface area contributed by atoms with Crippen LogP contribution >= 0.6 is 0 Å². The predicted molar refractivity (Wildman–Crippen MR) is 41.8 cm³/mol. The molecule has 1 rings (SSSR count). The molecule has 2 heteroatoms. The molecule has 1 N–H and O–H groups in total. The van der Waals surface area contributed by atoms with E-state index in [1.807, 2.05) is 19.1 Å². The largest absolute Gasteiger partial charge is 0.392 e. The summed E-state index contributed by atoms with van der Waals surface area (Å²) in [6.45, 7) is 1.79. The summed E-state index contributed by atoms with van der Waals surface area (Å²) in [5, 5.41) is 17.5. The Balaban J connectivity index is 3.27. The first kappa shape index (κ1) is 7.77. The molecule has 0 atom stereocenters. The maximum atomic E-state index is 8.82. The third kappa shape index (κ3) is 1.39. The fourth-order valence-corrected chi connectivity index (χ4v) is 1.02. The van der Waals surface area contributed by atoms with Crippen molar-refractivity contribution in [2.24, 2.45) is 0 Å². The Morgan fingerprint density at radius 1 is 1.55 bits per heavy atom. The van der Waals surface area contributed by atoms with Crippen LogP contribution in [0.3, 0.4) is 0 Å². The Kier molecular flexibility index (Phi) is 2.25. The van der Waals surface area contributed by atoms with Gasteiger partial charge in [-0.15, -0.1) is 0 Å². The van der Waals surface area contributed by atoms with Crippen molar-refractivity contribution in [3.63, 3.8) is 0 Å². The standard InChI is InChI=1S/C9H9NO/c1-7-3-2-4-8(6-11)9(7)5-10/h2-4,11H,6H2,1H3. The van der Waals surface area contributed by atoms with Crippen LogP contribution in [0.1, 0.15) is 16.7 Å². The fraction of sp³-hybridized carbons (Fsp3) is 0.222. The second-order valence-electron chi connectivity index (χ2n) is 2.38. The number of hydrogen-bond acceptors (Lipinski definition) is 2. The van der Waals surface area contributed by atoms with Crippen molar-refractivity contribution in [3.8, 4) is 6.07 Å². The van der Waals surface area contributed by atoms with Crippen LogP contribution in [-0.2, 0) is 6.61 Å². The first-order chi connectivity index (χ1) is 5.29. The molecule has 0 aromatic heterocycles. The van der Waals surface area contributed by atoms with Crippen molar-refractivity contribution >= 4 is 0 Å². The van der Waals surface area contributed by atoms with E-state index >= 15 is 0 Å². The third-order valence-corrected chi connectivity index (χ3v) is 1.64. The smallest absolute Gasteiger partial charge is 0.0998 e. The molecule has 0 spiro atoms. The average molecular weight is 147 g/mol. The highest BCUT2D eigenvalue weighted by Gasteiger charge is 2.01. The fourth-order valence-electron chi connectivity index (χ4n) is 1.02. The lowest BCUT2D eigenvalue weighted by Crippen LogP contribution is -1.91. The van der Waals surface area contributed by atoms with Gasteiger partial charge in [-0.1, -0.05) is 18.2 Å². The van der Waals surface area contributed by atoms with E-state index in [-0.39, 0.29) is 6.61 Å². The molecular weight excluding hydrogens is 138 g/mol. The Bertz CT molecular complexity index is 299. The van der Waals surface area contributed by atoms with Gasteiger partial charge in [0.25, 0.3) is 0 Å². The summed E-state index contributed by atoms with van der Waals surface area (Å²) in [5.41, 5.74) is 2.21. The molecule has 0 heterocycles. The lowest BCUT2D eigenvalue weighted by atomic mass is 10.0. The molecule has 0 fully saturated rings. The van der Waals surface area contributed by atoms with Crippen molar-refractivity contribution < 1.29 is 5.11 Å². The number of nitriles is 1. The maximum Gasteiger partial charge on any atom is 0.0998 e. The minimum absolute atomic E-state index is 0.0649. The van der Waals surface area contributed by atoms with E-state index in [0.717, 1.165) is 5.56 Å². The lowest BCUT2D eigenvalue weighted by molar-refractivity contribution is 0.281. The van der Waals surface area contributed by atoms with Crippen LogP contribution in [0.4, 0.5) is 0 Å². The van der Waals surface area contributed by atoms with Gasteiger partial charge in [0.2, 0.25) is 0 Å². The Labute approximate surface area is 65.7 Å². The van der Waals surface area contributed by atoms with Gasteiger partial charge < -0.3 is 5.11 Å². The van der Waals surface area contributed by atoms with E-state index in [0.29, 0.717) is 11.1 Å². The van der Waals surface area contributed by atoms with Crippen molar-refractivity contribution in [1.82, 2.24) is 0 Å². The number of nitrogens with zero attached hydrogens (tertiary/aromatic N) is 1. The Morgan fingerprint density at radius 3 is 2.73 bits per heavy atom. The zero-order valence-electron chi connectivity index (χ0n) is 6.33. The molecule has 0 amide bonds. The molecule has 0 bridgehead atoms. The maximum absolute atomic E-state index is 8.82. The third-order valence-electron chi connectivity index (χ3n) is 1.64. The second kappa shape index (κ2) is 3.18. The predicted octanol–water partition coefficient (Wildman–Crippen LogP) is 1.36. The van der Waals surface area contributed by atoms with Gasteiger partial charge >= 0.3 is 0 Å². The molecule has 0 aliphatic carbocycles. The van der Waals surface area contributed by atoms with Crippen molar-refractivity contribution in [2.75, 3.05) is 0 Å². The molecule has 1 aromatic rings. The van der Waals surface area contributed by atoms with E-state index in [4.69, 9.17) is 10.4 Å². The highest BCUT2D eigenvalue weighted by molar-refractivity contribution is 5.43. The van der Waals surface area contributed by atoms with Crippen LogP contribution in [0.15, 0.2) is 18.2 Å². The summed E-state index contributed by atoms with van der Waals surface area (Å²) in [4.78, 5) is 0.